The van der Waals surface area contributed by atoms with Crippen LogP contribution in [-0.4, -0.2) is 65.8 Å². The number of nitrogens with zero attached hydrogens (tertiary/aromatic N) is 2. The summed E-state index contributed by atoms with van der Waals surface area (Å²) in [5.74, 6) is -0.878. The molecule has 2 rings (SSSR count). The number of carbonyl (C=O) groups excluding carboxylic acids is 1. The van der Waals surface area contributed by atoms with Crippen LogP contribution in [0.5, 0.6) is 0 Å². The first-order valence-corrected chi connectivity index (χ1v) is 6.94. The second-order valence-electron chi connectivity index (χ2n) is 5.30. The van der Waals surface area contributed by atoms with E-state index in [-0.39, 0.29) is 31.1 Å². The molecule has 2 unspecified atom stereocenters. The van der Waals surface area contributed by atoms with Crippen LogP contribution in [0.1, 0.15) is 32.1 Å². The number of aliphatic carboxylic acids is 1. The predicted molar refractivity (Wildman–Crippen MR) is 69.0 cm³/mol. The van der Waals surface area contributed by atoms with Crippen molar-refractivity contribution < 1.29 is 19.4 Å². The van der Waals surface area contributed by atoms with Gasteiger partial charge in [-0.1, -0.05) is 12.8 Å². The van der Waals surface area contributed by atoms with E-state index < -0.39 is 5.97 Å². The Hall–Kier alpha value is -1.30. The minimum absolute atomic E-state index is 0.0132. The lowest BCUT2D eigenvalue weighted by Crippen LogP contribution is -2.57. The second-order valence-corrected chi connectivity index (χ2v) is 5.30. The molecule has 1 saturated heterocycles. The number of carbonyl (C=O) groups is 2. The molecule has 19 heavy (non-hydrogen) atoms. The minimum atomic E-state index is -0.878. The fourth-order valence-corrected chi connectivity index (χ4v) is 2.91. The number of hydrogen-bond donors (Lipinski definition) is 1. The number of urea groups is 1. The quantitative estimate of drug-likeness (QED) is 0.835. The van der Waals surface area contributed by atoms with Crippen molar-refractivity contribution in [3.8, 4) is 0 Å². The highest BCUT2D eigenvalue weighted by atomic mass is 16.5. The van der Waals surface area contributed by atoms with Gasteiger partial charge in [0, 0.05) is 20.1 Å². The molecule has 108 valence electrons. The molecule has 0 aromatic rings. The molecule has 6 nitrogen and oxygen atoms in total. The Morgan fingerprint density at radius 2 is 2.11 bits per heavy atom. The van der Waals surface area contributed by atoms with Gasteiger partial charge in [0.2, 0.25) is 0 Å². The molecule has 2 amide bonds. The van der Waals surface area contributed by atoms with Gasteiger partial charge in [-0.15, -0.1) is 0 Å². The first kappa shape index (κ1) is 14.1. The molecule has 2 fully saturated rings. The molecule has 1 N–H and O–H groups in total. The zero-order valence-electron chi connectivity index (χ0n) is 11.4. The highest BCUT2D eigenvalue weighted by molar-refractivity contribution is 5.75. The summed E-state index contributed by atoms with van der Waals surface area (Å²) < 4.78 is 5.73. The van der Waals surface area contributed by atoms with Gasteiger partial charge in [-0.25, -0.2) is 4.79 Å². The maximum atomic E-state index is 12.4. The third-order valence-electron chi connectivity index (χ3n) is 3.97. The van der Waals surface area contributed by atoms with Crippen LogP contribution in [0.15, 0.2) is 0 Å². The topological polar surface area (TPSA) is 70.1 Å². The Labute approximate surface area is 113 Å². The summed E-state index contributed by atoms with van der Waals surface area (Å²) in [6, 6.07) is 0.101. The zero-order chi connectivity index (χ0) is 13.8. The van der Waals surface area contributed by atoms with Gasteiger partial charge in [-0.3, -0.25) is 4.79 Å². The lowest BCUT2D eigenvalue weighted by Gasteiger charge is -2.44. The van der Waals surface area contributed by atoms with E-state index >= 15 is 0 Å². The van der Waals surface area contributed by atoms with Crippen LogP contribution in [0.4, 0.5) is 4.79 Å². The molecule has 0 bridgehead atoms. The summed E-state index contributed by atoms with van der Waals surface area (Å²) in [6.45, 7) is 1.44. The van der Waals surface area contributed by atoms with Crippen molar-refractivity contribution in [2.45, 2.75) is 44.2 Å². The predicted octanol–water partition coefficient (Wildman–Crippen LogP) is 1.16. The Morgan fingerprint density at radius 3 is 2.84 bits per heavy atom. The van der Waals surface area contributed by atoms with E-state index in [4.69, 9.17) is 9.84 Å². The first-order chi connectivity index (χ1) is 9.09. The van der Waals surface area contributed by atoms with Crippen molar-refractivity contribution in [3.05, 3.63) is 0 Å². The number of fused-ring (bicyclic) bond motifs is 1. The molecule has 6 heteroatoms. The Kier molecular flexibility index (Phi) is 4.63. The minimum Gasteiger partial charge on any atom is -0.481 e. The Balaban J connectivity index is 1.94. The lowest BCUT2D eigenvalue weighted by atomic mass is 9.90. The molecular formula is C13H22N2O4. The van der Waals surface area contributed by atoms with E-state index in [9.17, 15) is 9.59 Å². The van der Waals surface area contributed by atoms with Gasteiger partial charge in [-0.05, 0) is 12.8 Å². The molecule has 1 saturated carbocycles. The highest BCUT2D eigenvalue weighted by Gasteiger charge is 2.37. The van der Waals surface area contributed by atoms with E-state index in [0.717, 1.165) is 25.7 Å². The molecule has 0 spiro atoms. The summed E-state index contributed by atoms with van der Waals surface area (Å²) in [5.41, 5.74) is 0. The molecule has 1 aliphatic carbocycles. The third kappa shape index (κ3) is 3.37. The molecule has 1 aliphatic heterocycles. The number of morpholine rings is 1. The fraction of sp³-hybridized carbons (Fsp3) is 0.846. The van der Waals surface area contributed by atoms with Crippen LogP contribution in [0.25, 0.3) is 0 Å². The number of hydrogen-bond acceptors (Lipinski definition) is 3. The van der Waals surface area contributed by atoms with Crippen molar-refractivity contribution in [2.75, 3.05) is 26.7 Å². The van der Waals surface area contributed by atoms with Crippen molar-refractivity contribution in [3.63, 3.8) is 0 Å². The van der Waals surface area contributed by atoms with Crippen LogP contribution in [-0.2, 0) is 9.53 Å². The fourth-order valence-electron chi connectivity index (χ4n) is 2.91. The summed E-state index contributed by atoms with van der Waals surface area (Å²) in [6.07, 6.45) is 4.46. The molecular weight excluding hydrogens is 248 g/mol. The van der Waals surface area contributed by atoms with Gasteiger partial charge in [-0.2, -0.15) is 0 Å². The van der Waals surface area contributed by atoms with E-state index in [1.165, 1.54) is 4.90 Å². The van der Waals surface area contributed by atoms with E-state index in [2.05, 4.69) is 0 Å². The van der Waals surface area contributed by atoms with Gasteiger partial charge in [0.25, 0.3) is 0 Å². The van der Waals surface area contributed by atoms with Gasteiger partial charge in [0.05, 0.1) is 25.2 Å². The van der Waals surface area contributed by atoms with Crippen LogP contribution >= 0.6 is 0 Å². The summed E-state index contributed by atoms with van der Waals surface area (Å²) in [7, 11) is 1.67. The van der Waals surface area contributed by atoms with Crippen molar-refractivity contribution in [2.24, 2.45) is 0 Å². The monoisotopic (exact) mass is 270 g/mol. The average Bonchev–Trinajstić information content (AvgIpc) is 2.43. The standard InChI is InChI=1S/C13H22N2O4/c1-14(7-6-12(16)17)13(18)15-8-9-19-11-5-3-2-4-10(11)15/h10-11H,2-9H2,1H3,(H,16,17). The van der Waals surface area contributed by atoms with Crippen LogP contribution in [0, 0.1) is 0 Å². The van der Waals surface area contributed by atoms with Crippen molar-refractivity contribution in [1.29, 1.82) is 0 Å². The molecule has 0 aromatic heterocycles. The van der Waals surface area contributed by atoms with Crippen LogP contribution in [0.2, 0.25) is 0 Å². The van der Waals surface area contributed by atoms with Gasteiger partial charge < -0.3 is 19.6 Å². The number of rotatable bonds is 3. The number of amides is 2. The highest BCUT2D eigenvalue weighted by Crippen LogP contribution is 2.28. The van der Waals surface area contributed by atoms with E-state index in [0.29, 0.717) is 13.2 Å². The van der Waals surface area contributed by atoms with Crippen LogP contribution in [0.3, 0.4) is 0 Å². The SMILES string of the molecule is CN(CCC(=O)O)C(=O)N1CCOC2CCCCC21. The average molecular weight is 270 g/mol. The van der Waals surface area contributed by atoms with Gasteiger partial charge in [0.1, 0.15) is 0 Å². The maximum absolute atomic E-state index is 12.4. The van der Waals surface area contributed by atoms with Gasteiger partial charge >= 0.3 is 12.0 Å². The molecule has 1 heterocycles. The van der Waals surface area contributed by atoms with Crippen molar-refractivity contribution in [1.82, 2.24) is 9.80 Å². The summed E-state index contributed by atoms with van der Waals surface area (Å²) in [5, 5.41) is 8.67. The Morgan fingerprint density at radius 1 is 1.37 bits per heavy atom. The zero-order valence-corrected chi connectivity index (χ0v) is 11.4. The largest absolute Gasteiger partial charge is 0.481 e. The molecule has 0 radical (unpaired) electrons. The second kappa shape index (κ2) is 6.23. The normalized spacial score (nSPS) is 26.7. The summed E-state index contributed by atoms with van der Waals surface area (Å²) >= 11 is 0. The number of ether oxygens (including phenoxy) is 1. The Bertz CT molecular complexity index is 346. The first-order valence-electron chi connectivity index (χ1n) is 6.94. The maximum Gasteiger partial charge on any atom is 0.320 e. The molecule has 2 aliphatic rings. The smallest absolute Gasteiger partial charge is 0.320 e. The van der Waals surface area contributed by atoms with Crippen molar-refractivity contribution >= 4 is 12.0 Å². The molecule has 2 atom stereocenters. The number of carboxylic acids is 1. The summed E-state index contributed by atoms with van der Waals surface area (Å²) in [4.78, 5) is 26.3. The van der Waals surface area contributed by atoms with E-state index in [1.807, 2.05) is 4.90 Å². The number of carboxylic acid groups (broad SMARTS) is 1. The molecule has 0 aromatic carbocycles. The van der Waals surface area contributed by atoms with Crippen LogP contribution < -0.4 is 0 Å². The third-order valence-corrected chi connectivity index (χ3v) is 3.97. The lowest BCUT2D eigenvalue weighted by molar-refractivity contribution is -0.137. The van der Waals surface area contributed by atoms with Gasteiger partial charge in [0.15, 0.2) is 0 Å². The van der Waals surface area contributed by atoms with E-state index in [1.54, 1.807) is 7.05 Å².